The van der Waals surface area contributed by atoms with E-state index in [-0.39, 0.29) is 5.82 Å². The largest absolute Gasteiger partial charge is 0.370 e. The van der Waals surface area contributed by atoms with E-state index in [0.29, 0.717) is 24.5 Å². The molecule has 0 atom stereocenters. The van der Waals surface area contributed by atoms with Crippen LogP contribution in [0.25, 0.3) is 0 Å². The first kappa shape index (κ1) is 13.3. The highest BCUT2D eigenvalue weighted by atomic mass is 19.1. The van der Waals surface area contributed by atoms with Crippen LogP contribution in [-0.4, -0.2) is 30.6 Å². The maximum absolute atomic E-state index is 13.4. The third-order valence-electron chi connectivity index (χ3n) is 2.70. The summed E-state index contributed by atoms with van der Waals surface area (Å²) in [7, 11) is 3.77. The lowest BCUT2D eigenvalue weighted by Gasteiger charge is -2.11. The van der Waals surface area contributed by atoms with Crippen molar-refractivity contribution in [3.05, 3.63) is 47.9 Å². The number of nitrogens with one attached hydrogen (secondary N) is 1. The number of hydrogen-bond donors (Lipinski definition) is 1. The maximum atomic E-state index is 13.4. The van der Waals surface area contributed by atoms with Gasteiger partial charge in [-0.25, -0.2) is 9.37 Å². The van der Waals surface area contributed by atoms with Crippen molar-refractivity contribution in [2.75, 3.05) is 30.9 Å². The van der Waals surface area contributed by atoms with Crippen LogP contribution in [0.1, 0.15) is 5.56 Å². The normalized spacial score (nSPS) is 10.3. The molecule has 1 aromatic carbocycles. The molecule has 0 aliphatic carbocycles. The molecule has 0 fully saturated rings. The average Bonchev–Trinajstić information content (AvgIpc) is 2.41. The van der Waals surface area contributed by atoms with E-state index in [1.54, 1.807) is 24.4 Å². The molecule has 0 unspecified atom stereocenters. The Bertz CT molecular complexity index is 542. The number of benzene rings is 1. The smallest absolute Gasteiger partial charge is 0.226 e. The Morgan fingerprint density at radius 2 is 2.00 bits per heavy atom. The maximum Gasteiger partial charge on any atom is 0.226 e. The van der Waals surface area contributed by atoms with Gasteiger partial charge in [-0.05, 0) is 24.1 Å². The van der Waals surface area contributed by atoms with Crippen LogP contribution in [-0.2, 0) is 6.42 Å². The Labute approximate surface area is 112 Å². The Kier molecular flexibility index (Phi) is 4.28. The van der Waals surface area contributed by atoms with Crippen molar-refractivity contribution in [1.82, 2.24) is 9.97 Å². The molecule has 19 heavy (non-hydrogen) atoms. The van der Waals surface area contributed by atoms with Crippen LogP contribution in [0.5, 0.6) is 0 Å². The van der Waals surface area contributed by atoms with E-state index in [0.717, 1.165) is 5.82 Å². The van der Waals surface area contributed by atoms with Gasteiger partial charge in [0.15, 0.2) is 0 Å². The van der Waals surface area contributed by atoms with Crippen LogP contribution in [0.15, 0.2) is 36.5 Å². The zero-order chi connectivity index (χ0) is 13.7. The van der Waals surface area contributed by atoms with Gasteiger partial charge in [0.1, 0.15) is 11.6 Å². The third-order valence-corrected chi connectivity index (χ3v) is 2.70. The Balaban J connectivity index is 1.93. The van der Waals surface area contributed by atoms with Crippen molar-refractivity contribution >= 4 is 11.8 Å². The fourth-order valence-corrected chi connectivity index (χ4v) is 1.69. The van der Waals surface area contributed by atoms with E-state index in [1.807, 2.05) is 25.1 Å². The van der Waals surface area contributed by atoms with Gasteiger partial charge in [0.2, 0.25) is 5.95 Å². The minimum absolute atomic E-state index is 0.166. The van der Waals surface area contributed by atoms with E-state index in [2.05, 4.69) is 15.3 Å². The molecule has 2 aromatic rings. The van der Waals surface area contributed by atoms with Crippen molar-refractivity contribution in [3.63, 3.8) is 0 Å². The van der Waals surface area contributed by atoms with E-state index >= 15 is 0 Å². The lowest BCUT2D eigenvalue weighted by Crippen LogP contribution is -2.14. The van der Waals surface area contributed by atoms with Gasteiger partial charge in [0.25, 0.3) is 0 Å². The summed E-state index contributed by atoms with van der Waals surface area (Å²) in [4.78, 5) is 10.3. The standard InChI is InChI=1S/C14H17FN4/c1-19(2)14-17-10-8-13(18-14)16-9-7-11-5-3-4-6-12(11)15/h3-6,8,10H,7,9H2,1-2H3,(H,16,17,18). The summed E-state index contributed by atoms with van der Waals surface area (Å²) in [5, 5.41) is 3.17. The van der Waals surface area contributed by atoms with Crippen molar-refractivity contribution in [3.8, 4) is 0 Å². The first-order valence-corrected chi connectivity index (χ1v) is 6.14. The quantitative estimate of drug-likeness (QED) is 0.896. The highest BCUT2D eigenvalue weighted by molar-refractivity contribution is 5.40. The molecule has 0 spiro atoms. The van der Waals surface area contributed by atoms with Gasteiger partial charge in [-0.2, -0.15) is 4.98 Å². The van der Waals surface area contributed by atoms with Crippen LogP contribution < -0.4 is 10.2 Å². The van der Waals surface area contributed by atoms with Gasteiger partial charge in [-0.1, -0.05) is 18.2 Å². The predicted octanol–water partition coefficient (Wildman–Crippen LogP) is 2.34. The zero-order valence-electron chi connectivity index (χ0n) is 11.1. The van der Waals surface area contributed by atoms with Crippen LogP contribution in [0.3, 0.4) is 0 Å². The van der Waals surface area contributed by atoms with Gasteiger partial charge in [0.05, 0.1) is 0 Å². The first-order valence-electron chi connectivity index (χ1n) is 6.14. The van der Waals surface area contributed by atoms with Gasteiger partial charge in [-0.3, -0.25) is 0 Å². The number of nitrogens with zero attached hydrogens (tertiary/aromatic N) is 3. The molecule has 0 aliphatic rings. The second kappa shape index (κ2) is 6.13. The molecule has 0 radical (unpaired) electrons. The first-order chi connectivity index (χ1) is 9.16. The summed E-state index contributed by atoms with van der Waals surface area (Å²) in [6.07, 6.45) is 2.32. The third kappa shape index (κ3) is 3.64. The summed E-state index contributed by atoms with van der Waals surface area (Å²) in [5.74, 6) is 1.23. The summed E-state index contributed by atoms with van der Waals surface area (Å²) in [6.45, 7) is 0.630. The Hall–Kier alpha value is -2.17. The molecular weight excluding hydrogens is 243 g/mol. The lowest BCUT2D eigenvalue weighted by molar-refractivity contribution is 0.610. The molecule has 0 amide bonds. The van der Waals surface area contributed by atoms with Crippen molar-refractivity contribution < 1.29 is 4.39 Å². The molecule has 0 aliphatic heterocycles. The highest BCUT2D eigenvalue weighted by Gasteiger charge is 2.02. The van der Waals surface area contributed by atoms with Gasteiger partial charge in [-0.15, -0.1) is 0 Å². The molecule has 100 valence electrons. The van der Waals surface area contributed by atoms with Gasteiger partial charge in [0, 0.05) is 26.8 Å². The number of aromatic nitrogens is 2. The monoisotopic (exact) mass is 260 g/mol. The van der Waals surface area contributed by atoms with Crippen molar-refractivity contribution in [2.24, 2.45) is 0 Å². The van der Waals surface area contributed by atoms with Crippen LogP contribution in [0.2, 0.25) is 0 Å². The molecule has 0 saturated heterocycles. The van der Waals surface area contributed by atoms with Gasteiger partial charge < -0.3 is 10.2 Å². The summed E-state index contributed by atoms with van der Waals surface area (Å²) in [6, 6.07) is 8.61. The Morgan fingerprint density at radius 3 is 2.74 bits per heavy atom. The van der Waals surface area contributed by atoms with Crippen molar-refractivity contribution in [1.29, 1.82) is 0 Å². The highest BCUT2D eigenvalue weighted by Crippen LogP contribution is 2.10. The number of hydrogen-bond acceptors (Lipinski definition) is 4. The van der Waals surface area contributed by atoms with E-state index in [9.17, 15) is 4.39 Å². The second-order valence-electron chi connectivity index (χ2n) is 4.40. The topological polar surface area (TPSA) is 41.1 Å². The number of rotatable bonds is 5. The molecule has 1 heterocycles. The van der Waals surface area contributed by atoms with E-state index in [1.165, 1.54) is 6.07 Å². The summed E-state index contributed by atoms with van der Waals surface area (Å²) < 4.78 is 13.4. The van der Waals surface area contributed by atoms with Crippen LogP contribution in [0, 0.1) is 5.82 Å². The van der Waals surface area contributed by atoms with Crippen LogP contribution in [0.4, 0.5) is 16.2 Å². The minimum Gasteiger partial charge on any atom is -0.370 e. The Morgan fingerprint density at radius 1 is 1.21 bits per heavy atom. The molecule has 0 saturated carbocycles. The fraction of sp³-hybridized carbons (Fsp3) is 0.286. The van der Waals surface area contributed by atoms with E-state index < -0.39 is 0 Å². The zero-order valence-corrected chi connectivity index (χ0v) is 11.1. The molecule has 1 aromatic heterocycles. The molecule has 1 N–H and O–H groups in total. The van der Waals surface area contributed by atoms with Crippen molar-refractivity contribution in [2.45, 2.75) is 6.42 Å². The van der Waals surface area contributed by atoms with E-state index in [4.69, 9.17) is 0 Å². The predicted molar refractivity (Wildman–Crippen MR) is 75.0 cm³/mol. The second-order valence-corrected chi connectivity index (χ2v) is 4.40. The lowest BCUT2D eigenvalue weighted by atomic mass is 10.1. The average molecular weight is 260 g/mol. The van der Waals surface area contributed by atoms with Gasteiger partial charge >= 0.3 is 0 Å². The SMILES string of the molecule is CN(C)c1nccc(NCCc2ccccc2F)n1. The summed E-state index contributed by atoms with van der Waals surface area (Å²) >= 11 is 0. The molecule has 4 nitrogen and oxygen atoms in total. The molecule has 0 bridgehead atoms. The number of halogens is 1. The van der Waals surface area contributed by atoms with Crippen LogP contribution >= 0.6 is 0 Å². The molecule has 2 rings (SSSR count). The fourth-order valence-electron chi connectivity index (χ4n) is 1.69. The molecular formula is C14H17FN4. The summed E-state index contributed by atoms with van der Waals surface area (Å²) in [5.41, 5.74) is 0.705. The number of anilines is 2. The minimum atomic E-state index is -0.166. The molecule has 5 heteroatoms.